The van der Waals surface area contributed by atoms with Crippen molar-refractivity contribution < 1.29 is 28.9 Å². The molecule has 1 heterocycles. The van der Waals surface area contributed by atoms with Crippen molar-refractivity contribution in [3.05, 3.63) is 29.8 Å². The normalized spacial score (nSPS) is 15.9. The summed E-state index contributed by atoms with van der Waals surface area (Å²) in [5, 5.41) is 12.2. The molecule has 0 bridgehead atoms. The number of benzene rings is 1. The lowest BCUT2D eigenvalue weighted by molar-refractivity contribution is -0.143. The Kier molecular flexibility index (Phi) is 9.03. The molecule has 1 saturated heterocycles. The Morgan fingerprint density at radius 3 is 2.48 bits per heavy atom. The summed E-state index contributed by atoms with van der Waals surface area (Å²) in [7, 11) is 1.60. The van der Waals surface area contributed by atoms with Crippen LogP contribution in [-0.4, -0.2) is 74.7 Å². The lowest BCUT2D eigenvalue weighted by Crippen LogP contribution is -2.50. The molecule has 8 heteroatoms. The minimum atomic E-state index is -0.908. The smallest absolute Gasteiger partial charge is 0.322 e. The van der Waals surface area contributed by atoms with Gasteiger partial charge >= 0.3 is 5.97 Å². The van der Waals surface area contributed by atoms with E-state index in [1.807, 2.05) is 4.90 Å². The van der Waals surface area contributed by atoms with E-state index in [1.165, 1.54) is 0 Å². The fourth-order valence-corrected chi connectivity index (χ4v) is 2.91. The van der Waals surface area contributed by atoms with E-state index in [2.05, 4.69) is 5.32 Å². The van der Waals surface area contributed by atoms with Gasteiger partial charge in [-0.15, -0.1) is 0 Å². The van der Waals surface area contributed by atoms with Gasteiger partial charge in [-0.3, -0.25) is 14.5 Å². The van der Waals surface area contributed by atoms with Gasteiger partial charge in [-0.25, -0.2) is 0 Å². The second-order valence-electron chi connectivity index (χ2n) is 6.35. The number of carbonyl (C=O) groups is 2. The summed E-state index contributed by atoms with van der Waals surface area (Å²) in [5.74, 6) is -0.628. The maximum atomic E-state index is 12.3. The van der Waals surface area contributed by atoms with Crippen LogP contribution in [0, 0.1) is 0 Å². The number of hydrogen-bond donors (Lipinski definition) is 2. The molecule has 1 amide bonds. The summed E-state index contributed by atoms with van der Waals surface area (Å²) in [4.78, 5) is 25.7. The highest BCUT2D eigenvalue weighted by Crippen LogP contribution is 2.14. The minimum Gasteiger partial charge on any atom is -0.480 e. The highest BCUT2D eigenvalue weighted by atomic mass is 16.7. The Morgan fingerprint density at radius 2 is 1.85 bits per heavy atom. The number of likely N-dealkylation sites (tertiary alicyclic amines) is 1. The van der Waals surface area contributed by atoms with Crippen molar-refractivity contribution in [1.82, 2.24) is 10.2 Å². The van der Waals surface area contributed by atoms with Crippen LogP contribution in [0.2, 0.25) is 0 Å². The van der Waals surface area contributed by atoms with Gasteiger partial charge in [-0.1, -0.05) is 6.42 Å². The molecule has 1 aromatic rings. The maximum absolute atomic E-state index is 12.3. The molecule has 1 aromatic carbocycles. The molecule has 1 aliphatic rings. The van der Waals surface area contributed by atoms with E-state index in [0.717, 1.165) is 32.4 Å². The number of hydrogen-bond acceptors (Lipinski definition) is 6. The van der Waals surface area contributed by atoms with Crippen LogP contribution in [0.3, 0.4) is 0 Å². The van der Waals surface area contributed by atoms with Gasteiger partial charge in [0.05, 0.1) is 13.2 Å². The van der Waals surface area contributed by atoms with E-state index in [-0.39, 0.29) is 19.2 Å². The fourth-order valence-electron chi connectivity index (χ4n) is 2.91. The SMILES string of the molecule is COCCOCOc1ccc(C(=O)NCC(C(=O)O)N2CCCCC2)cc1. The number of carbonyl (C=O) groups excluding carboxylic acids is 1. The quantitative estimate of drug-likeness (QED) is 0.442. The summed E-state index contributed by atoms with van der Waals surface area (Å²) >= 11 is 0. The van der Waals surface area contributed by atoms with Crippen molar-refractivity contribution in [3.8, 4) is 5.75 Å². The summed E-state index contributed by atoms with van der Waals surface area (Å²) in [5.41, 5.74) is 0.449. The van der Waals surface area contributed by atoms with Crippen molar-refractivity contribution in [2.24, 2.45) is 0 Å². The average Bonchev–Trinajstić information content (AvgIpc) is 2.69. The van der Waals surface area contributed by atoms with E-state index in [4.69, 9.17) is 14.2 Å². The number of ether oxygens (including phenoxy) is 3. The molecule has 1 fully saturated rings. The number of piperidine rings is 1. The molecule has 1 atom stereocenters. The monoisotopic (exact) mass is 380 g/mol. The van der Waals surface area contributed by atoms with Crippen LogP contribution >= 0.6 is 0 Å². The molecule has 150 valence electrons. The zero-order chi connectivity index (χ0) is 19.5. The van der Waals surface area contributed by atoms with Crippen molar-refractivity contribution in [2.75, 3.05) is 46.8 Å². The van der Waals surface area contributed by atoms with E-state index in [1.54, 1.807) is 31.4 Å². The number of carboxylic acids is 1. The Labute approximate surface area is 159 Å². The summed E-state index contributed by atoms with van der Waals surface area (Å²) in [6.07, 6.45) is 3.11. The molecule has 1 aliphatic heterocycles. The van der Waals surface area contributed by atoms with Gasteiger partial charge in [0.25, 0.3) is 5.91 Å². The maximum Gasteiger partial charge on any atom is 0.322 e. The zero-order valence-corrected chi connectivity index (χ0v) is 15.7. The van der Waals surface area contributed by atoms with Crippen LogP contribution in [0.5, 0.6) is 5.75 Å². The molecule has 27 heavy (non-hydrogen) atoms. The number of rotatable bonds is 11. The van der Waals surface area contributed by atoms with Gasteiger partial charge in [0.15, 0.2) is 6.79 Å². The van der Waals surface area contributed by atoms with Gasteiger partial charge in [0, 0.05) is 19.2 Å². The molecule has 0 aliphatic carbocycles. The largest absolute Gasteiger partial charge is 0.480 e. The van der Waals surface area contributed by atoms with Crippen molar-refractivity contribution in [3.63, 3.8) is 0 Å². The lowest BCUT2D eigenvalue weighted by Gasteiger charge is -2.31. The first-order valence-corrected chi connectivity index (χ1v) is 9.16. The summed E-state index contributed by atoms with van der Waals surface area (Å²) in [6, 6.07) is 5.93. The van der Waals surface area contributed by atoms with Crippen LogP contribution in [0.1, 0.15) is 29.6 Å². The van der Waals surface area contributed by atoms with E-state index in [0.29, 0.717) is 24.5 Å². The Bertz CT molecular complexity index is 586. The van der Waals surface area contributed by atoms with E-state index < -0.39 is 12.0 Å². The zero-order valence-electron chi connectivity index (χ0n) is 15.7. The van der Waals surface area contributed by atoms with Crippen LogP contribution in [0.4, 0.5) is 0 Å². The molecule has 1 unspecified atom stereocenters. The molecular weight excluding hydrogens is 352 g/mol. The third-order valence-corrected chi connectivity index (χ3v) is 4.43. The first-order valence-electron chi connectivity index (χ1n) is 9.16. The molecular formula is C19H28N2O6. The molecule has 0 saturated carbocycles. The Morgan fingerprint density at radius 1 is 1.15 bits per heavy atom. The lowest BCUT2D eigenvalue weighted by atomic mass is 10.1. The third-order valence-electron chi connectivity index (χ3n) is 4.43. The number of nitrogens with zero attached hydrogens (tertiary/aromatic N) is 1. The highest BCUT2D eigenvalue weighted by molar-refractivity contribution is 5.94. The van der Waals surface area contributed by atoms with Gasteiger partial charge in [-0.2, -0.15) is 0 Å². The van der Waals surface area contributed by atoms with Crippen LogP contribution < -0.4 is 10.1 Å². The number of amides is 1. The minimum absolute atomic E-state index is 0.0831. The molecule has 0 spiro atoms. The average molecular weight is 380 g/mol. The fraction of sp³-hybridized carbons (Fsp3) is 0.579. The van der Waals surface area contributed by atoms with Crippen molar-refractivity contribution in [1.29, 1.82) is 0 Å². The predicted octanol–water partition coefficient (Wildman–Crippen LogP) is 1.35. The van der Waals surface area contributed by atoms with Crippen LogP contribution in [0.25, 0.3) is 0 Å². The van der Waals surface area contributed by atoms with Crippen molar-refractivity contribution in [2.45, 2.75) is 25.3 Å². The summed E-state index contributed by atoms with van der Waals surface area (Å²) < 4.78 is 15.5. The number of methoxy groups -OCH3 is 1. The number of aliphatic carboxylic acids is 1. The molecule has 0 aromatic heterocycles. The number of carboxylic acid groups (broad SMARTS) is 1. The standard InChI is InChI=1S/C19H28N2O6/c1-25-11-12-26-14-27-16-7-5-15(6-8-16)18(22)20-13-17(19(23)24)21-9-3-2-4-10-21/h5-8,17H,2-4,9-14H2,1H3,(H,20,22)(H,23,24). The molecule has 2 N–H and O–H groups in total. The predicted molar refractivity (Wildman–Crippen MR) is 98.9 cm³/mol. The topological polar surface area (TPSA) is 97.3 Å². The Balaban J connectivity index is 1.79. The van der Waals surface area contributed by atoms with Gasteiger partial charge in [0.1, 0.15) is 11.8 Å². The first-order chi connectivity index (χ1) is 13.1. The van der Waals surface area contributed by atoms with E-state index >= 15 is 0 Å². The van der Waals surface area contributed by atoms with Gasteiger partial charge in [-0.05, 0) is 50.2 Å². The highest BCUT2D eigenvalue weighted by Gasteiger charge is 2.27. The molecule has 8 nitrogen and oxygen atoms in total. The van der Waals surface area contributed by atoms with Gasteiger partial charge in [0.2, 0.25) is 0 Å². The number of nitrogens with one attached hydrogen (secondary N) is 1. The van der Waals surface area contributed by atoms with Gasteiger partial charge < -0.3 is 24.6 Å². The van der Waals surface area contributed by atoms with E-state index in [9.17, 15) is 14.7 Å². The second kappa shape index (κ2) is 11.5. The first kappa shape index (κ1) is 21.1. The van der Waals surface area contributed by atoms with Crippen molar-refractivity contribution >= 4 is 11.9 Å². The van der Waals surface area contributed by atoms with Crippen LogP contribution in [-0.2, 0) is 14.3 Å². The molecule has 2 rings (SSSR count). The molecule has 0 radical (unpaired) electrons. The Hall–Kier alpha value is -2.16. The van der Waals surface area contributed by atoms with Crippen LogP contribution in [0.15, 0.2) is 24.3 Å². The summed E-state index contributed by atoms with van der Waals surface area (Å²) in [6.45, 7) is 2.64. The third kappa shape index (κ3) is 7.16. The second-order valence-corrected chi connectivity index (χ2v) is 6.35.